The highest BCUT2D eigenvalue weighted by molar-refractivity contribution is 6.03. The summed E-state index contributed by atoms with van der Waals surface area (Å²) in [6, 6.07) is 18.9. The van der Waals surface area contributed by atoms with Crippen LogP contribution in [0.15, 0.2) is 66.7 Å². The first kappa shape index (κ1) is 14.6. The Labute approximate surface area is 133 Å². The molecule has 3 rings (SSSR count). The van der Waals surface area contributed by atoms with Crippen molar-refractivity contribution in [2.75, 3.05) is 7.11 Å². The first-order valence-electron chi connectivity index (χ1n) is 7.66. The smallest absolute Gasteiger partial charge is 0.118 e. The molecule has 1 nitrogen and oxygen atoms in total. The number of hydrogen-bond donors (Lipinski definition) is 0. The van der Waals surface area contributed by atoms with Crippen molar-refractivity contribution in [2.24, 2.45) is 5.41 Å². The topological polar surface area (TPSA) is 9.23 Å². The molecule has 0 fully saturated rings. The van der Waals surface area contributed by atoms with Gasteiger partial charge in [-0.3, -0.25) is 0 Å². The third kappa shape index (κ3) is 2.48. The zero-order valence-corrected chi connectivity index (χ0v) is 13.5. The molecule has 0 atom stereocenters. The lowest BCUT2D eigenvalue weighted by atomic mass is 9.81. The van der Waals surface area contributed by atoms with E-state index in [0.29, 0.717) is 0 Å². The second-order valence-corrected chi connectivity index (χ2v) is 6.51. The zero-order chi connectivity index (χ0) is 15.7. The van der Waals surface area contributed by atoms with E-state index in [1.807, 2.05) is 12.1 Å². The minimum Gasteiger partial charge on any atom is -0.497 e. The maximum Gasteiger partial charge on any atom is 0.118 e. The van der Waals surface area contributed by atoms with E-state index in [4.69, 9.17) is 4.74 Å². The predicted molar refractivity (Wildman–Crippen MR) is 93.8 cm³/mol. The summed E-state index contributed by atoms with van der Waals surface area (Å²) in [5.41, 5.74) is 6.51. The first-order valence-corrected chi connectivity index (χ1v) is 7.66. The molecule has 0 saturated heterocycles. The highest BCUT2D eigenvalue weighted by atomic mass is 16.5. The molecule has 0 heterocycles. The maximum atomic E-state index is 5.28. The highest BCUT2D eigenvalue weighted by Gasteiger charge is 2.36. The Morgan fingerprint density at radius 3 is 2.14 bits per heavy atom. The van der Waals surface area contributed by atoms with Gasteiger partial charge in [0.25, 0.3) is 0 Å². The van der Waals surface area contributed by atoms with E-state index in [1.54, 1.807) is 7.11 Å². The van der Waals surface area contributed by atoms with Crippen molar-refractivity contribution < 1.29 is 4.74 Å². The van der Waals surface area contributed by atoms with Gasteiger partial charge >= 0.3 is 0 Å². The minimum absolute atomic E-state index is 0.0941. The summed E-state index contributed by atoms with van der Waals surface area (Å²) in [6.07, 6.45) is 0.999. The molecule has 1 aliphatic carbocycles. The van der Waals surface area contributed by atoms with Crippen LogP contribution in [0.1, 0.15) is 31.4 Å². The zero-order valence-electron chi connectivity index (χ0n) is 13.5. The van der Waals surface area contributed by atoms with E-state index < -0.39 is 0 Å². The van der Waals surface area contributed by atoms with Crippen molar-refractivity contribution in [2.45, 2.75) is 20.3 Å². The molecule has 0 unspecified atom stereocenters. The van der Waals surface area contributed by atoms with Crippen LogP contribution in [-0.2, 0) is 0 Å². The third-order valence-electron chi connectivity index (χ3n) is 4.38. The second-order valence-electron chi connectivity index (χ2n) is 6.51. The Bertz CT molecular complexity index is 718. The molecular weight excluding hydrogens is 268 g/mol. The Morgan fingerprint density at radius 1 is 0.909 bits per heavy atom. The summed E-state index contributed by atoms with van der Waals surface area (Å²) in [6.45, 7) is 8.93. The molecule has 112 valence electrons. The molecule has 0 radical (unpaired) electrons. The Morgan fingerprint density at radius 2 is 1.55 bits per heavy atom. The van der Waals surface area contributed by atoms with Gasteiger partial charge in [0.05, 0.1) is 7.11 Å². The van der Waals surface area contributed by atoms with E-state index in [0.717, 1.165) is 12.2 Å². The van der Waals surface area contributed by atoms with Crippen molar-refractivity contribution in [1.82, 2.24) is 0 Å². The lowest BCUT2D eigenvalue weighted by Gasteiger charge is -2.23. The molecule has 22 heavy (non-hydrogen) atoms. The van der Waals surface area contributed by atoms with Gasteiger partial charge in [0, 0.05) is 0 Å². The van der Waals surface area contributed by atoms with Crippen molar-refractivity contribution in [3.05, 3.63) is 77.9 Å². The number of rotatable bonds is 3. The molecule has 1 heteroatoms. The van der Waals surface area contributed by atoms with Crippen molar-refractivity contribution in [1.29, 1.82) is 0 Å². The van der Waals surface area contributed by atoms with Crippen LogP contribution in [0.25, 0.3) is 11.1 Å². The van der Waals surface area contributed by atoms with Crippen LogP contribution >= 0.6 is 0 Å². The molecule has 1 aliphatic rings. The average molecular weight is 290 g/mol. The highest BCUT2D eigenvalue weighted by Crippen LogP contribution is 2.53. The number of benzene rings is 2. The lowest BCUT2D eigenvalue weighted by Crippen LogP contribution is -2.09. The molecule has 0 saturated carbocycles. The molecule has 2 aromatic rings. The largest absolute Gasteiger partial charge is 0.497 e. The Balaban J connectivity index is 2.20. The van der Waals surface area contributed by atoms with Gasteiger partial charge in [-0.15, -0.1) is 0 Å². The summed E-state index contributed by atoms with van der Waals surface area (Å²) in [5, 5.41) is 0. The molecule has 0 bridgehead atoms. The normalized spacial score (nSPS) is 17.0. The second kappa shape index (κ2) is 5.49. The van der Waals surface area contributed by atoms with Gasteiger partial charge in [0.15, 0.2) is 0 Å². The van der Waals surface area contributed by atoms with Crippen LogP contribution in [0.3, 0.4) is 0 Å². The van der Waals surface area contributed by atoms with Crippen LogP contribution in [0.5, 0.6) is 5.75 Å². The van der Waals surface area contributed by atoms with Crippen LogP contribution in [-0.4, -0.2) is 7.11 Å². The summed E-state index contributed by atoms with van der Waals surface area (Å²) in [7, 11) is 1.70. The summed E-state index contributed by atoms with van der Waals surface area (Å²) in [5.74, 6) is 0.889. The van der Waals surface area contributed by atoms with Gasteiger partial charge in [-0.25, -0.2) is 0 Å². The van der Waals surface area contributed by atoms with Gasteiger partial charge in [0.2, 0.25) is 0 Å². The van der Waals surface area contributed by atoms with Crippen LogP contribution in [0.2, 0.25) is 0 Å². The van der Waals surface area contributed by atoms with E-state index >= 15 is 0 Å². The van der Waals surface area contributed by atoms with Crippen LogP contribution in [0, 0.1) is 5.41 Å². The van der Waals surface area contributed by atoms with Crippen LogP contribution in [0.4, 0.5) is 0 Å². The fourth-order valence-corrected chi connectivity index (χ4v) is 3.47. The molecule has 0 amide bonds. The number of methoxy groups -OCH3 is 1. The van der Waals surface area contributed by atoms with Crippen molar-refractivity contribution in [3.63, 3.8) is 0 Å². The summed E-state index contributed by atoms with van der Waals surface area (Å²) >= 11 is 0. The lowest BCUT2D eigenvalue weighted by molar-refractivity contribution is 0.414. The van der Waals surface area contributed by atoms with Gasteiger partial charge < -0.3 is 4.74 Å². The van der Waals surface area contributed by atoms with Gasteiger partial charge in [-0.2, -0.15) is 0 Å². The standard InChI is InChI=1S/C21H22O/c1-15-14-21(2,3)20(17-10-12-18(22-4)13-11-17)19(15)16-8-6-5-7-9-16/h5-13H,1,14H2,2-4H3. The third-order valence-corrected chi connectivity index (χ3v) is 4.38. The fraction of sp³-hybridized carbons (Fsp3) is 0.238. The number of ether oxygens (including phenoxy) is 1. The van der Waals surface area contributed by atoms with Gasteiger partial charge in [-0.05, 0) is 51.8 Å². The monoisotopic (exact) mass is 290 g/mol. The molecule has 0 aromatic heterocycles. The Hall–Kier alpha value is -2.28. The van der Waals surface area contributed by atoms with Crippen molar-refractivity contribution >= 4 is 11.1 Å². The average Bonchev–Trinajstić information content (AvgIpc) is 2.77. The van der Waals surface area contributed by atoms with E-state index in [1.165, 1.54) is 27.8 Å². The molecule has 0 spiro atoms. The van der Waals surface area contributed by atoms with E-state index in [2.05, 4.69) is 62.9 Å². The first-order chi connectivity index (χ1) is 10.5. The predicted octanol–water partition coefficient (Wildman–Crippen LogP) is 5.59. The molecule has 0 aliphatic heterocycles. The summed E-state index contributed by atoms with van der Waals surface area (Å²) in [4.78, 5) is 0. The van der Waals surface area contributed by atoms with E-state index in [-0.39, 0.29) is 5.41 Å². The summed E-state index contributed by atoms with van der Waals surface area (Å²) < 4.78 is 5.28. The SMILES string of the molecule is C=C1CC(C)(C)C(c2ccc(OC)cc2)=C1c1ccccc1. The van der Waals surface area contributed by atoms with Gasteiger partial charge in [-0.1, -0.05) is 62.9 Å². The quantitative estimate of drug-likeness (QED) is 0.715. The molecule has 2 aromatic carbocycles. The van der Waals surface area contributed by atoms with Crippen molar-refractivity contribution in [3.8, 4) is 5.75 Å². The molecular formula is C21H22O. The maximum absolute atomic E-state index is 5.28. The fourth-order valence-electron chi connectivity index (χ4n) is 3.47. The number of hydrogen-bond acceptors (Lipinski definition) is 1. The van der Waals surface area contributed by atoms with Gasteiger partial charge in [0.1, 0.15) is 5.75 Å². The van der Waals surface area contributed by atoms with Crippen LogP contribution < -0.4 is 4.74 Å². The minimum atomic E-state index is 0.0941. The molecule has 0 N–H and O–H groups in total. The Kier molecular flexibility index (Phi) is 3.66. The number of allylic oxidation sites excluding steroid dienone is 3. The van der Waals surface area contributed by atoms with E-state index in [9.17, 15) is 0 Å².